The van der Waals surface area contributed by atoms with Gasteiger partial charge < -0.3 is 18.9 Å². The summed E-state index contributed by atoms with van der Waals surface area (Å²) in [5, 5.41) is 7.68. The fourth-order valence-corrected chi connectivity index (χ4v) is 12.7. The number of anilines is 6. The van der Waals surface area contributed by atoms with E-state index in [4.69, 9.17) is 0 Å². The van der Waals surface area contributed by atoms with Crippen molar-refractivity contribution in [3.05, 3.63) is 222 Å². The Balaban J connectivity index is 1.04. The number of aromatic nitrogens is 2. The highest BCUT2D eigenvalue weighted by atomic mass is 15.2. The number of fused-ring (bicyclic) bond motifs is 11. The molecular formula is C70H61BN4. The Hall–Kier alpha value is -8.28. The molecule has 75 heavy (non-hydrogen) atoms. The van der Waals surface area contributed by atoms with Gasteiger partial charge in [0.05, 0.1) is 22.1 Å². The molecule has 0 amide bonds. The molecule has 0 saturated carbocycles. The summed E-state index contributed by atoms with van der Waals surface area (Å²) in [5.41, 5.74) is 23.6. The molecule has 0 bridgehead atoms. The van der Waals surface area contributed by atoms with Gasteiger partial charge >= 0.3 is 0 Å². The predicted molar refractivity (Wildman–Crippen MR) is 323 cm³/mol. The number of hydrogen-bond acceptors (Lipinski definition) is 2. The lowest BCUT2D eigenvalue weighted by Gasteiger charge is -2.44. The van der Waals surface area contributed by atoms with E-state index in [1.54, 1.807) is 0 Å². The Morgan fingerprint density at radius 2 is 0.693 bits per heavy atom. The molecule has 0 spiro atoms. The second kappa shape index (κ2) is 17.1. The third-order valence-electron chi connectivity index (χ3n) is 16.8. The summed E-state index contributed by atoms with van der Waals surface area (Å²) >= 11 is 0. The molecule has 0 fully saturated rings. The largest absolute Gasteiger partial charge is 0.311 e. The molecule has 0 aliphatic carbocycles. The first-order valence-electron chi connectivity index (χ1n) is 27.2. The number of para-hydroxylation sites is 1. The monoisotopic (exact) mass is 968 g/mol. The Labute approximate surface area is 441 Å². The Kier molecular flexibility index (Phi) is 10.4. The minimum absolute atomic E-state index is 0.0401. The summed E-state index contributed by atoms with van der Waals surface area (Å²) in [4.78, 5) is 5.09. The summed E-state index contributed by atoms with van der Waals surface area (Å²) in [6.07, 6.45) is 0. The van der Waals surface area contributed by atoms with Crippen LogP contribution in [-0.2, 0) is 0 Å². The van der Waals surface area contributed by atoms with Gasteiger partial charge in [0, 0.05) is 67.0 Å². The van der Waals surface area contributed by atoms with Crippen LogP contribution in [0.25, 0.3) is 65.8 Å². The molecule has 0 unspecified atom stereocenters. The maximum atomic E-state index is 2.56. The first-order valence-corrected chi connectivity index (χ1v) is 27.2. The minimum Gasteiger partial charge on any atom is -0.311 e. The Morgan fingerprint density at radius 3 is 1.13 bits per heavy atom. The van der Waals surface area contributed by atoms with Crippen LogP contribution in [0, 0.1) is 0 Å². The van der Waals surface area contributed by atoms with Gasteiger partial charge in [0.1, 0.15) is 0 Å². The smallest absolute Gasteiger partial charge is 0.252 e. The van der Waals surface area contributed by atoms with E-state index in [2.05, 4.69) is 275 Å². The van der Waals surface area contributed by atoms with Crippen molar-refractivity contribution in [1.29, 1.82) is 0 Å². The predicted octanol–water partition coefficient (Wildman–Crippen LogP) is 17.6. The van der Waals surface area contributed by atoms with Crippen molar-refractivity contribution in [2.75, 3.05) is 9.80 Å². The molecule has 0 radical (unpaired) electrons. The molecule has 2 aliphatic rings. The lowest BCUT2D eigenvalue weighted by atomic mass is 9.33. The summed E-state index contributed by atoms with van der Waals surface area (Å²) in [5.74, 6) is 1.71. The topological polar surface area (TPSA) is 16.3 Å². The van der Waals surface area contributed by atoms with Gasteiger partial charge in [-0.25, -0.2) is 0 Å². The van der Waals surface area contributed by atoms with E-state index in [9.17, 15) is 0 Å². The van der Waals surface area contributed by atoms with Gasteiger partial charge in [0.2, 0.25) is 0 Å². The third kappa shape index (κ3) is 6.97. The molecule has 4 nitrogen and oxygen atoms in total. The van der Waals surface area contributed by atoms with Crippen LogP contribution in [-0.4, -0.2) is 15.8 Å². The maximum Gasteiger partial charge on any atom is 0.252 e. The highest BCUT2D eigenvalue weighted by Crippen LogP contribution is 2.47. The van der Waals surface area contributed by atoms with E-state index >= 15 is 0 Å². The Morgan fingerprint density at radius 1 is 0.293 bits per heavy atom. The molecule has 5 heteroatoms. The van der Waals surface area contributed by atoms with Gasteiger partial charge in [-0.3, -0.25) is 0 Å². The fourth-order valence-electron chi connectivity index (χ4n) is 12.7. The summed E-state index contributed by atoms with van der Waals surface area (Å²) in [6, 6.07) is 76.9. The van der Waals surface area contributed by atoms with E-state index in [0.29, 0.717) is 23.7 Å². The molecule has 2 aromatic heterocycles. The molecule has 12 aromatic rings. The van der Waals surface area contributed by atoms with Crippen molar-refractivity contribution in [2.24, 2.45) is 0 Å². The van der Waals surface area contributed by atoms with Crippen LogP contribution < -0.4 is 26.2 Å². The van der Waals surface area contributed by atoms with Crippen molar-refractivity contribution >= 4 is 112 Å². The van der Waals surface area contributed by atoms with Gasteiger partial charge in [-0.15, -0.1) is 0 Å². The van der Waals surface area contributed by atoms with Gasteiger partial charge in [-0.2, -0.15) is 0 Å². The van der Waals surface area contributed by atoms with Crippen LogP contribution in [0.3, 0.4) is 0 Å². The van der Waals surface area contributed by atoms with Crippen molar-refractivity contribution < 1.29 is 0 Å². The van der Waals surface area contributed by atoms with Crippen molar-refractivity contribution in [3.8, 4) is 11.4 Å². The maximum absolute atomic E-state index is 2.56. The van der Waals surface area contributed by atoms with Gasteiger partial charge in [-0.1, -0.05) is 146 Å². The van der Waals surface area contributed by atoms with E-state index in [-0.39, 0.29) is 6.71 Å². The van der Waals surface area contributed by atoms with Gasteiger partial charge in [-0.05, 0) is 182 Å². The minimum atomic E-state index is -0.0401. The standard InChI is InChI=1S/C70H61BN4/c1-42(2)47-22-31-62-56(36-47)57-37-48(43(3)4)23-32-63(57)73(62)54-27-29-60-68(40-54)72(52-17-10-9-11-18-52)66-19-14-20-67-70(66)71(60)61-30-28-55(41-69(61)75(67)53-26-21-46-15-12-13-16-51(46)35-53)74-64-33-24-49(44(5)6)38-58(64)59-39-50(45(7)8)25-34-65(59)74/h9-45H,1-8H3. The number of rotatable bonds is 8. The molecule has 4 heterocycles. The molecule has 0 atom stereocenters. The van der Waals surface area contributed by atoms with Gasteiger partial charge in [0.15, 0.2) is 0 Å². The average molecular weight is 969 g/mol. The normalized spacial score (nSPS) is 13.2. The van der Waals surface area contributed by atoms with Crippen LogP contribution >= 0.6 is 0 Å². The summed E-state index contributed by atoms with van der Waals surface area (Å²) in [6.45, 7) is 18.3. The van der Waals surface area contributed by atoms with Crippen molar-refractivity contribution in [1.82, 2.24) is 9.13 Å². The number of hydrogen-bond donors (Lipinski definition) is 0. The lowest BCUT2D eigenvalue weighted by Crippen LogP contribution is -2.61. The Bertz CT molecular complexity index is 4150. The van der Waals surface area contributed by atoms with E-state index in [0.717, 1.165) is 22.7 Å². The molecule has 0 N–H and O–H groups in total. The average Bonchev–Trinajstić information content (AvgIpc) is 3.94. The van der Waals surface area contributed by atoms with Crippen molar-refractivity contribution in [3.63, 3.8) is 0 Å². The van der Waals surface area contributed by atoms with Crippen molar-refractivity contribution in [2.45, 2.75) is 79.1 Å². The van der Waals surface area contributed by atoms with E-state index < -0.39 is 0 Å². The molecule has 2 aliphatic heterocycles. The van der Waals surface area contributed by atoms with E-state index in [1.165, 1.54) is 116 Å². The second-order valence-corrected chi connectivity index (χ2v) is 22.6. The lowest BCUT2D eigenvalue weighted by molar-refractivity contribution is 0.868. The number of benzene rings is 10. The molecule has 364 valence electrons. The summed E-state index contributed by atoms with van der Waals surface area (Å²) < 4.78 is 5.03. The molecule has 14 rings (SSSR count). The zero-order valence-electron chi connectivity index (χ0n) is 44.2. The SMILES string of the molecule is CC(C)c1ccc2c(c1)c1cc(C(C)C)ccc1n2-c1ccc2c(c1)N(c1ccccc1)c1cccc3c1B2c1ccc(-n2c4ccc(C(C)C)cc4c4cc(C(C)C)ccc42)cc1N3c1ccc2ccccc2c1. The molecular weight excluding hydrogens is 908 g/mol. The third-order valence-corrected chi connectivity index (χ3v) is 16.8. The molecule has 10 aromatic carbocycles. The highest BCUT2D eigenvalue weighted by Gasteiger charge is 2.43. The van der Waals surface area contributed by atoms with Crippen LogP contribution in [0.4, 0.5) is 34.1 Å². The summed E-state index contributed by atoms with van der Waals surface area (Å²) in [7, 11) is 0. The number of nitrogens with zero attached hydrogens (tertiary/aromatic N) is 4. The first-order chi connectivity index (χ1) is 36.5. The van der Waals surface area contributed by atoms with Crippen LogP contribution in [0.5, 0.6) is 0 Å². The zero-order chi connectivity index (χ0) is 51.0. The zero-order valence-corrected chi connectivity index (χ0v) is 44.2. The van der Waals surface area contributed by atoms with Crippen LogP contribution in [0.1, 0.15) is 101 Å². The van der Waals surface area contributed by atoms with E-state index in [1.807, 2.05) is 0 Å². The van der Waals surface area contributed by atoms with Crippen LogP contribution in [0.2, 0.25) is 0 Å². The van der Waals surface area contributed by atoms with Crippen LogP contribution in [0.15, 0.2) is 200 Å². The first kappa shape index (κ1) is 45.3. The second-order valence-electron chi connectivity index (χ2n) is 22.6. The highest BCUT2D eigenvalue weighted by molar-refractivity contribution is 7.00. The molecule has 0 saturated heterocycles. The quantitative estimate of drug-likeness (QED) is 0.141. The van der Waals surface area contributed by atoms with Gasteiger partial charge in [0.25, 0.3) is 6.71 Å². The fraction of sp³-hybridized carbons (Fsp3) is 0.171.